The second-order valence-electron chi connectivity index (χ2n) is 3.22. The van der Waals surface area contributed by atoms with Crippen LogP contribution in [0.4, 0.5) is 10.1 Å². The Morgan fingerprint density at radius 2 is 2.27 bits per heavy atom. The summed E-state index contributed by atoms with van der Waals surface area (Å²) in [7, 11) is 0. The Morgan fingerprint density at radius 3 is 2.87 bits per heavy atom. The Kier molecular flexibility index (Phi) is 4.09. The molecule has 1 rings (SSSR count). The molecule has 1 aromatic rings. The van der Waals surface area contributed by atoms with E-state index in [0.29, 0.717) is 11.3 Å². The molecule has 0 aromatic heterocycles. The van der Waals surface area contributed by atoms with E-state index >= 15 is 0 Å². The van der Waals surface area contributed by atoms with Gasteiger partial charge in [0.2, 0.25) is 0 Å². The minimum Gasteiger partial charge on any atom is -0.462 e. The van der Waals surface area contributed by atoms with Gasteiger partial charge in [-0.2, -0.15) is 0 Å². The number of anilines is 1. The molecule has 0 saturated carbocycles. The van der Waals surface area contributed by atoms with Crippen LogP contribution in [0, 0.1) is 6.92 Å². The number of ether oxygens (including phenoxy) is 1. The number of benzene rings is 1. The molecule has 0 saturated heterocycles. The highest BCUT2D eigenvalue weighted by Gasteiger charge is 2.13. The Morgan fingerprint density at radius 1 is 1.53 bits per heavy atom. The van der Waals surface area contributed by atoms with E-state index in [0.717, 1.165) is 5.56 Å². The lowest BCUT2D eigenvalue weighted by Gasteiger charge is -2.08. The molecule has 3 nitrogen and oxygen atoms in total. The summed E-state index contributed by atoms with van der Waals surface area (Å²) in [5.74, 6) is -0.487. The molecule has 0 radical (unpaired) electrons. The normalized spacial score (nSPS) is 10.0. The van der Waals surface area contributed by atoms with Crippen molar-refractivity contribution in [1.29, 1.82) is 0 Å². The molecule has 0 amide bonds. The van der Waals surface area contributed by atoms with E-state index in [1.54, 1.807) is 25.1 Å². The number of hydrogen-bond donors (Lipinski definition) is 1. The van der Waals surface area contributed by atoms with Crippen molar-refractivity contribution in [2.75, 3.05) is 19.0 Å². The Labute approximate surface area is 88.0 Å². The summed E-state index contributed by atoms with van der Waals surface area (Å²) in [5, 5.41) is 0. The molecule has 0 aliphatic heterocycles. The molecule has 0 atom stereocenters. The summed E-state index contributed by atoms with van der Waals surface area (Å²) in [6.45, 7) is 1.38. The van der Waals surface area contributed by atoms with Gasteiger partial charge in [-0.1, -0.05) is 12.1 Å². The lowest BCUT2D eigenvalue weighted by Crippen LogP contribution is -2.11. The smallest absolute Gasteiger partial charge is 0.340 e. The van der Waals surface area contributed by atoms with Crippen LogP contribution in [0.15, 0.2) is 18.2 Å². The third-order valence-electron chi connectivity index (χ3n) is 2.02. The van der Waals surface area contributed by atoms with Crippen molar-refractivity contribution in [3.8, 4) is 0 Å². The van der Waals surface area contributed by atoms with Crippen LogP contribution in [0.5, 0.6) is 0 Å². The fourth-order valence-electron chi connectivity index (χ4n) is 1.26. The number of esters is 1. The van der Waals surface area contributed by atoms with Gasteiger partial charge in [0.15, 0.2) is 0 Å². The van der Waals surface area contributed by atoms with Crippen LogP contribution in [-0.4, -0.2) is 19.3 Å². The van der Waals surface area contributed by atoms with Gasteiger partial charge in [0, 0.05) is 12.1 Å². The number of rotatable bonds is 4. The van der Waals surface area contributed by atoms with Crippen molar-refractivity contribution in [1.82, 2.24) is 0 Å². The molecule has 15 heavy (non-hydrogen) atoms. The van der Waals surface area contributed by atoms with Crippen LogP contribution in [0.25, 0.3) is 0 Å². The number of carbonyl (C=O) groups is 1. The molecule has 1 aromatic carbocycles. The van der Waals surface area contributed by atoms with Crippen LogP contribution < -0.4 is 5.73 Å². The number of nitrogen functional groups attached to an aromatic ring is 1. The highest BCUT2D eigenvalue weighted by molar-refractivity contribution is 5.96. The van der Waals surface area contributed by atoms with Gasteiger partial charge in [-0.3, -0.25) is 4.39 Å². The fourth-order valence-corrected chi connectivity index (χ4v) is 1.26. The molecule has 0 aliphatic rings. The third-order valence-corrected chi connectivity index (χ3v) is 2.02. The van der Waals surface area contributed by atoms with Crippen molar-refractivity contribution in [3.05, 3.63) is 29.3 Å². The quantitative estimate of drug-likeness (QED) is 0.471. The zero-order valence-corrected chi connectivity index (χ0v) is 8.63. The third kappa shape index (κ3) is 2.94. The second kappa shape index (κ2) is 5.34. The van der Waals surface area contributed by atoms with E-state index in [9.17, 15) is 9.18 Å². The van der Waals surface area contributed by atoms with Gasteiger partial charge < -0.3 is 10.5 Å². The van der Waals surface area contributed by atoms with Crippen LogP contribution in [0.2, 0.25) is 0 Å². The Bertz CT molecular complexity index is 332. The number of alkyl halides is 1. The van der Waals surface area contributed by atoms with Gasteiger partial charge in [0.1, 0.15) is 0 Å². The fraction of sp³-hybridized carbons (Fsp3) is 0.364. The highest BCUT2D eigenvalue weighted by atomic mass is 19.1. The first-order chi connectivity index (χ1) is 7.16. The van der Waals surface area contributed by atoms with Gasteiger partial charge in [0.05, 0.1) is 18.8 Å². The largest absolute Gasteiger partial charge is 0.462 e. The molecule has 0 aliphatic carbocycles. The number of nitrogens with two attached hydrogens (primary N) is 1. The Balaban J connectivity index is 2.73. The molecule has 4 heteroatoms. The van der Waals surface area contributed by atoms with Crippen molar-refractivity contribution in [2.24, 2.45) is 0 Å². The van der Waals surface area contributed by atoms with Gasteiger partial charge in [0.25, 0.3) is 0 Å². The number of halogens is 1. The molecule has 0 spiro atoms. The van der Waals surface area contributed by atoms with Crippen molar-refractivity contribution < 1.29 is 13.9 Å². The van der Waals surface area contributed by atoms with Gasteiger partial charge in [-0.05, 0) is 18.6 Å². The zero-order chi connectivity index (χ0) is 11.3. The van der Waals surface area contributed by atoms with E-state index < -0.39 is 12.6 Å². The maximum atomic E-state index is 11.8. The molecular formula is C11H14FNO2. The van der Waals surface area contributed by atoms with Crippen LogP contribution in [0.3, 0.4) is 0 Å². The lowest BCUT2D eigenvalue weighted by atomic mass is 10.1. The maximum absolute atomic E-state index is 11.8. The SMILES string of the molecule is Cc1cccc(N)c1C(=O)OCCCF. The summed E-state index contributed by atoms with van der Waals surface area (Å²) in [6.07, 6.45) is 0.220. The molecule has 0 unspecified atom stereocenters. The van der Waals surface area contributed by atoms with Crippen LogP contribution in [0.1, 0.15) is 22.3 Å². The van der Waals surface area contributed by atoms with E-state index in [1.165, 1.54) is 0 Å². The summed E-state index contributed by atoms with van der Waals surface area (Å²) in [4.78, 5) is 11.5. The molecule has 2 N–H and O–H groups in total. The van der Waals surface area contributed by atoms with Crippen LogP contribution in [-0.2, 0) is 4.74 Å². The minimum atomic E-state index is -0.490. The Hall–Kier alpha value is -1.58. The van der Waals surface area contributed by atoms with Gasteiger partial charge >= 0.3 is 5.97 Å². The predicted molar refractivity (Wildman–Crippen MR) is 56.5 cm³/mol. The number of aryl methyl sites for hydroxylation is 1. The predicted octanol–water partition coefficient (Wildman–Crippen LogP) is 2.09. The van der Waals surface area contributed by atoms with Crippen molar-refractivity contribution >= 4 is 11.7 Å². The van der Waals surface area contributed by atoms with E-state index in [1.807, 2.05) is 0 Å². The minimum absolute atomic E-state index is 0.0864. The zero-order valence-electron chi connectivity index (χ0n) is 8.63. The molecule has 0 fully saturated rings. The van der Waals surface area contributed by atoms with Gasteiger partial charge in [-0.15, -0.1) is 0 Å². The second-order valence-corrected chi connectivity index (χ2v) is 3.22. The topological polar surface area (TPSA) is 52.3 Å². The first-order valence-electron chi connectivity index (χ1n) is 4.75. The molecule has 0 heterocycles. The van der Waals surface area contributed by atoms with E-state index in [-0.39, 0.29) is 13.0 Å². The van der Waals surface area contributed by atoms with Gasteiger partial charge in [-0.25, -0.2) is 4.79 Å². The number of hydrogen-bond acceptors (Lipinski definition) is 3. The highest BCUT2D eigenvalue weighted by Crippen LogP contribution is 2.17. The summed E-state index contributed by atoms with van der Waals surface area (Å²) in [5.41, 5.74) is 7.18. The standard InChI is InChI=1S/C11H14FNO2/c1-8-4-2-5-9(13)10(8)11(14)15-7-3-6-12/h2,4-5H,3,6-7,13H2,1H3. The van der Waals surface area contributed by atoms with E-state index in [4.69, 9.17) is 10.5 Å². The maximum Gasteiger partial charge on any atom is 0.340 e. The van der Waals surface area contributed by atoms with Crippen molar-refractivity contribution in [2.45, 2.75) is 13.3 Å². The van der Waals surface area contributed by atoms with Crippen molar-refractivity contribution in [3.63, 3.8) is 0 Å². The first kappa shape index (κ1) is 11.5. The summed E-state index contributed by atoms with van der Waals surface area (Å²) >= 11 is 0. The summed E-state index contributed by atoms with van der Waals surface area (Å²) < 4.78 is 16.7. The molecule has 0 bridgehead atoms. The monoisotopic (exact) mass is 211 g/mol. The lowest BCUT2D eigenvalue weighted by molar-refractivity contribution is 0.0494. The molecule has 82 valence electrons. The first-order valence-corrected chi connectivity index (χ1v) is 4.75. The van der Waals surface area contributed by atoms with Crippen LogP contribution >= 0.6 is 0 Å². The average molecular weight is 211 g/mol. The summed E-state index contributed by atoms with van der Waals surface area (Å²) in [6, 6.07) is 5.18. The average Bonchev–Trinajstić information content (AvgIpc) is 2.18. The van der Waals surface area contributed by atoms with E-state index in [2.05, 4.69) is 0 Å². The number of carbonyl (C=O) groups excluding carboxylic acids is 1. The molecular weight excluding hydrogens is 197 g/mol.